The van der Waals surface area contributed by atoms with Gasteiger partial charge < -0.3 is 15.3 Å². The van der Waals surface area contributed by atoms with Crippen molar-refractivity contribution >= 4 is 11.9 Å². The van der Waals surface area contributed by atoms with Crippen LogP contribution in [0, 0.1) is 11.8 Å². The van der Waals surface area contributed by atoms with E-state index in [-0.39, 0.29) is 13.0 Å². The van der Waals surface area contributed by atoms with E-state index in [0.29, 0.717) is 12.8 Å². The number of benzene rings is 1. The van der Waals surface area contributed by atoms with Crippen LogP contribution in [0.4, 0.5) is 0 Å². The number of rotatable bonds is 10. The molecule has 0 saturated heterocycles. The second-order valence-electron chi connectivity index (χ2n) is 5.69. The van der Waals surface area contributed by atoms with Gasteiger partial charge in [0.25, 0.3) is 0 Å². The molecule has 0 unspecified atom stereocenters. The minimum Gasteiger partial charge on any atom is -0.481 e. The van der Waals surface area contributed by atoms with Crippen molar-refractivity contribution in [3.05, 3.63) is 35.4 Å². The Kier molecular flexibility index (Phi) is 7.60. The minimum atomic E-state index is -0.959. The normalized spacial score (nSPS) is 13.5. The summed E-state index contributed by atoms with van der Waals surface area (Å²) in [5.74, 6) is -3.19. The van der Waals surface area contributed by atoms with Gasteiger partial charge in [0.05, 0.1) is 11.8 Å². The summed E-state index contributed by atoms with van der Waals surface area (Å²) in [5.41, 5.74) is 2.19. The van der Waals surface area contributed by atoms with E-state index in [1.807, 2.05) is 24.3 Å². The first-order chi connectivity index (χ1) is 10.4. The average Bonchev–Trinajstić information content (AvgIpc) is 2.49. The molecule has 22 heavy (non-hydrogen) atoms. The second-order valence-corrected chi connectivity index (χ2v) is 5.69. The second kappa shape index (κ2) is 9.20. The maximum absolute atomic E-state index is 11.2. The molecule has 1 aromatic rings. The van der Waals surface area contributed by atoms with Gasteiger partial charge >= 0.3 is 11.9 Å². The fraction of sp³-hybridized carbons (Fsp3) is 0.529. The predicted molar refractivity (Wildman–Crippen MR) is 82.7 cm³/mol. The van der Waals surface area contributed by atoms with Crippen LogP contribution in [0.2, 0.25) is 0 Å². The molecule has 1 rings (SSSR count). The molecule has 0 saturated carbocycles. The van der Waals surface area contributed by atoms with Crippen molar-refractivity contribution in [2.75, 3.05) is 6.61 Å². The molecule has 1 aromatic carbocycles. The van der Waals surface area contributed by atoms with Gasteiger partial charge in [0.1, 0.15) is 0 Å². The molecule has 0 radical (unpaired) electrons. The Morgan fingerprint density at radius 2 is 1.55 bits per heavy atom. The molecule has 0 heterocycles. The number of aliphatic carboxylic acids is 2. The fourth-order valence-corrected chi connectivity index (χ4v) is 2.37. The third-order valence-electron chi connectivity index (χ3n) is 3.84. The largest absolute Gasteiger partial charge is 0.481 e. The van der Waals surface area contributed by atoms with Crippen LogP contribution in [0.5, 0.6) is 0 Å². The van der Waals surface area contributed by atoms with Crippen molar-refractivity contribution < 1.29 is 24.9 Å². The van der Waals surface area contributed by atoms with E-state index < -0.39 is 23.8 Å². The lowest BCUT2D eigenvalue weighted by Crippen LogP contribution is -2.21. The average molecular weight is 308 g/mol. The summed E-state index contributed by atoms with van der Waals surface area (Å²) in [4.78, 5) is 22.1. The summed E-state index contributed by atoms with van der Waals surface area (Å²) in [7, 11) is 0. The van der Waals surface area contributed by atoms with Gasteiger partial charge in [-0.1, -0.05) is 31.2 Å². The zero-order valence-electron chi connectivity index (χ0n) is 12.9. The molecule has 2 atom stereocenters. The Balaban J connectivity index is 2.54. The summed E-state index contributed by atoms with van der Waals surface area (Å²) in [5, 5.41) is 26.9. The van der Waals surface area contributed by atoms with E-state index >= 15 is 0 Å². The first-order valence-electron chi connectivity index (χ1n) is 7.58. The Labute approximate surface area is 130 Å². The van der Waals surface area contributed by atoms with Crippen LogP contribution in [0.1, 0.15) is 37.3 Å². The third kappa shape index (κ3) is 6.26. The van der Waals surface area contributed by atoms with Crippen molar-refractivity contribution in [3.8, 4) is 0 Å². The number of hydrogen-bond acceptors (Lipinski definition) is 3. The number of carboxylic acids is 2. The highest BCUT2D eigenvalue weighted by molar-refractivity contribution is 5.73. The van der Waals surface area contributed by atoms with Gasteiger partial charge in [-0.2, -0.15) is 0 Å². The quantitative estimate of drug-likeness (QED) is 0.617. The maximum atomic E-state index is 11.2. The highest BCUT2D eigenvalue weighted by Crippen LogP contribution is 2.19. The van der Waals surface area contributed by atoms with E-state index in [2.05, 4.69) is 0 Å². The molecule has 0 fully saturated rings. The van der Waals surface area contributed by atoms with E-state index in [9.17, 15) is 14.7 Å². The molecule has 0 aliphatic rings. The number of aliphatic hydroxyl groups is 1. The molecule has 5 nitrogen and oxygen atoms in total. The van der Waals surface area contributed by atoms with Gasteiger partial charge in [-0.05, 0) is 43.2 Å². The molecule has 0 aromatic heterocycles. The molecule has 0 aliphatic carbocycles. The summed E-state index contributed by atoms with van der Waals surface area (Å²) < 4.78 is 0. The first kappa shape index (κ1) is 18.2. The zero-order chi connectivity index (χ0) is 16.5. The Hall–Kier alpha value is -1.88. The molecule has 0 aliphatic heterocycles. The zero-order valence-corrected chi connectivity index (χ0v) is 12.9. The van der Waals surface area contributed by atoms with Crippen molar-refractivity contribution in [1.82, 2.24) is 0 Å². The van der Waals surface area contributed by atoms with E-state index in [0.717, 1.165) is 24.0 Å². The molecule has 122 valence electrons. The van der Waals surface area contributed by atoms with E-state index in [4.69, 9.17) is 10.2 Å². The topological polar surface area (TPSA) is 94.8 Å². The molecule has 0 spiro atoms. The SMILES string of the molecule is C[C@@H](C[C@@H](CCc1ccc(CCCO)cc1)C(=O)O)C(=O)O. The van der Waals surface area contributed by atoms with Crippen LogP contribution >= 0.6 is 0 Å². The van der Waals surface area contributed by atoms with Crippen LogP contribution in [0.25, 0.3) is 0 Å². The van der Waals surface area contributed by atoms with Crippen molar-refractivity contribution in [3.63, 3.8) is 0 Å². The molecule has 0 bridgehead atoms. The van der Waals surface area contributed by atoms with Gasteiger partial charge in [-0.25, -0.2) is 0 Å². The lowest BCUT2D eigenvalue weighted by atomic mass is 9.90. The van der Waals surface area contributed by atoms with Crippen LogP contribution in [0.15, 0.2) is 24.3 Å². The molecule has 5 heteroatoms. The van der Waals surface area contributed by atoms with Crippen LogP contribution < -0.4 is 0 Å². The molecule has 3 N–H and O–H groups in total. The highest BCUT2D eigenvalue weighted by atomic mass is 16.4. The summed E-state index contributed by atoms with van der Waals surface area (Å²) in [6.07, 6.45) is 2.75. The first-order valence-corrected chi connectivity index (χ1v) is 7.58. The maximum Gasteiger partial charge on any atom is 0.306 e. The number of carbonyl (C=O) groups is 2. The van der Waals surface area contributed by atoms with Crippen LogP contribution in [0.3, 0.4) is 0 Å². The van der Waals surface area contributed by atoms with Gasteiger partial charge in [0, 0.05) is 6.61 Å². The van der Waals surface area contributed by atoms with Crippen LogP contribution in [-0.2, 0) is 22.4 Å². The standard InChI is InChI=1S/C17H24O5/c1-12(16(19)20)11-15(17(21)22)9-8-14-6-4-13(5-7-14)3-2-10-18/h4-7,12,15,18H,2-3,8-11H2,1H3,(H,19,20)(H,21,22)/t12-,15+/m0/s1. The Morgan fingerprint density at radius 3 is 2.00 bits per heavy atom. The highest BCUT2D eigenvalue weighted by Gasteiger charge is 2.23. The lowest BCUT2D eigenvalue weighted by molar-refractivity contribution is -0.145. The minimum absolute atomic E-state index is 0.152. The fourth-order valence-electron chi connectivity index (χ4n) is 2.37. The smallest absolute Gasteiger partial charge is 0.306 e. The molecular formula is C17H24O5. The van der Waals surface area contributed by atoms with Crippen molar-refractivity contribution in [2.45, 2.75) is 39.0 Å². The van der Waals surface area contributed by atoms with E-state index in [1.54, 1.807) is 0 Å². The summed E-state index contributed by atoms with van der Waals surface area (Å²) >= 11 is 0. The lowest BCUT2D eigenvalue weighted by Gasteiger charge is -2.15. The summed E-state index contributed by atoms with van der Waals surface area (Å²) in [6, 6.07) is 7.90. The van der Waals surface area contributed by atoms with Gasteiger partial charge in [0.15, 0.2) is 0 Å². The Morgan fingerprint density at radius 1 is 1.00 bits per heavy atom. The van der Waals surface area contributed by atoms with Gasteiger partial charge in [-0.15, -0.1) is 0 Å². The number of hydrogen-bond donors (Lipinski definition) is 3. The van der Waals surface area contributed by atoms with Gasteiger partial charge in [-0.3, -0.25) is 9.59 Å². The monoisotopic (exact) mass is 308 g/mol. The predicted octanol–water partition coefficient (Wildman–Crippen LogP) is 2.36. The van der Waals surface area contributed by atoms with Crippen molar-refractivity contribution in [1.29, 1.82) is 0 Å². The molecule has 0 amide bonds. The number of aliphatic hydroxyl groups excluding tert-OH is 1. The molecular weight excluding hydrogens is 284 g/mol. The van der Waals surface area contributed by atoms with Crippen LogP contribution in [-0.4, -0.2) is 33.9 Å². The van der Waals surface area contributed by atoms with E-state index in [1.165, 1.54) is 6.92 Å². The van der Waals surface area contributed by atoms with Crippen molar-refractivity contribution in [2.24, 2.45) is 11.8 Å². The van der Waals surface area contributed by atoms with Gasteiger partial charge in [0.2, 0.25) is 0 Å². The third-order valence-corrected chi connectivity index (χ3v) is 3.84. The Bertz CT molecular complexity index is 480. The number of carboxylic acid groups (broad SMARTS) is 2. The number of aryl methyl sites for hydroxylation is 2. The summed E-state index contributed by atoms with van der Waals surface area (Å²) in [6.45, 7) is 1.71.